The van der Waals surface area contributed by atoms with Gasteiger partial charge < -0.3 is 15.2 Å². The minimum Gasteiger partial charge on any atom is -0.342 e. The van der Waals surface area contributed by atoms with E-state index in [0.717, 1.165) is 12.0 Å². The SMILES string of the molecule is CC1(C)CN(C(=O)c2ccc(-c3ncon3)cc2)CCC1N.Cl. The van der Waals surface area contributed by atoms with E-state index >= 15 is 0 Å². The molecule has 124 valence electrons. The molecule has 6 nitrogen and oxygen atoms in total. The molecule has 1 fully saturated rings. The third-order valence-electron chi connectivity index (χ3n) is 4.35. The number of piperidine rings is 1. The Balaban J connectivity index is 0.00000192. The van der Waals surface area contributed by atoms with Crippen molar-refractivity contribution in [1.29, 1.82) is 0 Å². The van der Waals surface area contributed by atoms with E-state index in [0.29, 0.717) is 24.5 Å². The number of nitrogens with zero attached hydrogens (tertiary/aromatic N) is 3. The van der Waals surface area contributed by atoms with Crippen molar-refractivity contribution in [3.8, 4) is 11.4 Å². The van der Waals surface area contributed by atoms with Crippen LogP contribution in [0.1, 0.15) is 30.6 Å². The van der Waals surface area contributed by atoms with Crippen LogP contribution in [0.4, 0.5) is 0 Å². The largest absolute Gasteiger partial charge is 0.342 e. The molecule has 1 amide bonds. The van der Waals surface area contributed by atoms with Crippen LogP contribution in [0.5, 0.6) is 0 Å². The summed E-state index contributed by atoms with van der Waals surface area (Å²) in [4.78, 5) is 18.5. The summed E-state index contributed by atoms with van der Waals surface area (Å²) in [5.74, 6) is 0.559. The number of nitrogens with two attached hydrogens (primary N) is 1. The summed E-state index contributed by atoms with van der Waals surface area (Å²) >= 11 is 0. The van der Waals surface area contributed by atoms with E-state index in [4.69, 9.17) is 10.3 Å². The first kappa shape index (κ1) is 17.4. The van der Waals surface area contributed by atoms with Crippen molar-refractivity contribution < 1.29 is 9.32 Å². The van der Waals surface area contributed by atoms with Crippen LogP contribution >= 0.6 is 12.4 Å². The number of halogens is 1. The van der Waals surface area contributed by atoms with Crippen LogP contribution in [-0.4, -0.2) is 40.1 Å². The molecule has 0 aliphatic carbocycles. The Hall–Kier alpha value is -1.92. The van der Waals surface area contributed by atoms with Gasteiger partial charge in [0, 0.05) is 30.3 Å². The van der Waals surface area contributed by atoms with Gasteiger partial charge in [-0.3, -0.25) is 4.79 Å². The van der Waals surface area contributed by atoms with E-state index < -0.39 is 0 Å². The van der Waals surface area contributed by atoms with Crippen LogP contribution in [0.25, 0.3) is 11.4 Å². The van der Waals surface area contributed by atoms with Crippen LogP contribution in [0.15, 0.2) is 35.2 Å². The maximum Gasteiger partial charge on any atom is 0.253 e. The number of carbonyl (C=O) groups is 1. The minimum absolute atomic E-state index is 0. The van der Waals surface area contributed by atoms with Gasteiger partial charge in [-0.05, 0) is 24.0 Å². The molecular formula is C16H21ClN4O2. The Kier molecular flexibility index (Phi) is 5.06. The van der Waals surface area contributed by atoms with Crippen molar-refractivity contribution in [3.05, 3.63) is 36.2 Å². The first-order valence-corrected chi connectivity index (χ1v) is 7.39. The predicted molar refractivity (Wildman–Crippen MR) is 89.3 cm³/mol. The number of benzene rings is 1. The van der Waals surface area contributed by atoms with Gasteiger partial charge in [0.05, 0.1) is 0 Å². The Labute approximate surface area is 141 Å². The molecule has 1 atom stereocenters. The summed E-state index contributed by atoms with van der Waals surface area (Å²) in [6.45, 7) is 5.60. The highest BCUT2D eigenvalue weighted by Gasteiger charge is 2.35. The highest BCUT2D eigenvalue weighted by molar-refractivity contribution is 5.94. The molecule has 1 unspecified atom stereocenters. The lowest BCUT2D eigenvalue weighted by Crippen LogP contribution is -2.53. The van der Waals surface area contributed by atoms with Gasteiger partial charge in [0.15, 0.2) is 0 Å². The normalized spacial score (nSPS) is 20.0. The number of hydrogen-bond acceptors (Lipinski definition) is 5. The molecule has 23 heavy (non-hydrogen) atoms. The van der Waals surface area contributed by atoms with Crippen LogP contribution < -0.4 is 5.73 Å². The predicted octanol–water partition coefficient (Wildman–Crippen LogP) is 2.36. The fraction of sp³-hybridized carbons (Fsp3) is 0.438. The summed E-state index contributed by atoms with van der Waals surface area (Å²) in [5.41, 5.74) is 7.56. The van der Waals surface area contributed by atoms with Crippen molar-refractivity contribution in [2.75, 3.05) is 13.1 Å². The number of rotatable bonds is 2. The Morgan fingerprint density at radius 2 is 2.04 bits per heavy atom. The van der Waals surface area contributed by atoms with Gasteiger partial charge in [-0.25, -0.2) is 0 Å². The lowest BCUT2D eigenvalue weighted by atomic mass is 9.79. The van der Waals surface area contributed by atoms with E-state index in [9.17, 15) is 4.79 Å². The van der Waals surface area contributed by atoms with Gasteiger partial charge in [-0.2, -0.15) is 4.98 Å². The monoisotopic (exact) mass is 336 g/mol. The highest BCUT2D eigenvalue weighted by Crippen LogP contribution is 2.28. The summed E-state index contributed by atoms with van der Waals surface area (Å²) < 4.78 is 4.73. The molecule has 0 radical (unpaired) electrons. The van der Waals surface area contributed by atoms with Crippen molar-refractivity contribution in [3.63, 3.8) is 0 Å². The molecule has 7 heteroatoms. The van der Waals surface area contributed by atoms with E-state index in [2.05, 4.69) is 24.0 Å². The second kappa shape index (κ2) is 6.68. The van der Waals surface area contributed by atoms with Crippen LogP contribution in [0.2, 0.25) is 0 Å². The number of amides is 1. The fourth-order valence-corrected chi connectivity index (χ4v) is 2.79. The summed E-state index contributed by atoms with van der Waals surface area (Å²) in [6.07, 6.45) is 2.12. The second-order valence-corrected chi connectivity index (χ2v) is 6.44. The topological polar surface area (TPSA) is 85.2 Å². The summed E-state index contributed by atoms with van der Waals surface area (Å²) in [7, 11) is 0. The Bertz CT molecular complexity index is 655. The molecule has 1 saturated heterocycles. The third kappa shape index (κ3) is 3.54. The zero-order chi connectivity index (χ0) is 15.7. The smallest absolute Gasteiger partial charge is 0.253 e. The first-order chi connectivity index (χ1) is 10.5. The van der Waals surface area contributed by atoms with Gasteiger partial charge in [-0.15, -0.1) is 12.4 Å². The third-order valence-corrected chi connectivity index (χ3v) is 4.35. The van der Waals surface area contributed by atoms with Crippen LogP contribution in [0.3, 0.4) is 0 Å². The zero-order valence-corrected chi connectivity index (χ0v) is 14.0. The van der Waals surface area contributed by atoms with Gasteiger partial charge >= 0.3 is 0 Å². The van der Waals surface area contributed by atoms with Gasteiger partial charge in [0.25, 0.3) is 5.91 Å². The van der Waals surface area contributed by atoms with Crippen LogP contribution in [-0.2, 0) is 0 Å². The average Bonchev–Trinajstić information content (AvgIpc) is 3.04. The molecule has 2 N–H and O–H groups in total. The Morgan fingerprint density at radius 1 is 1.35 bits per heavy atom. The molecular weight excluding hydrogens is 316 g/mol. The van der Waals surface area contributed by atoms with Crippen molar-refractivity contribution in [2.45, 2.75) is 26.3 Å². The molecule has 1 aromatic heterocycles. The van der Waals surface area contributed by atoms with Gasteiger partial charge in [0.1, 0.15) is 0 Å². The van der Waals surface area contributed by atoms with Crippen molar-refractivity contribution in [2.24, 2.45) is 11.1 Å². The number of aromatic nitrogens is 2. The first-order valence-electron chi connectivity index (χ1n) is 7.39. The van der Waals surface area contributed by atoms with Gasteiger partial charge in [-0.1, -0.05) is 31.1 Å². The van der Waals surface area contributed by atoms with E-state index in [-0.39, 0.29) is 29.8 Å². The molecule has 3 rings (SSSR count). The second-order valence-electron chi connectivity index (χ2n) is 6.44. The van der Waals surface area contributed by atoms with E-state index in [1.165, 1.54) is 6.39 Å². The molecule has 1 aliphatic heterocycles. The van der Waals surface area contributed by atoms with E-state index in [1.807, 2.05) is 17.0 Å². The maximum atomic E-state index is 12.6. The number of hydrogen-bond donors (Lipinski definition) is 1. The molecule has 1 aliphatic rings. The molecule has 2 heterocycles. The summed E-state index contributed by atoms with van der Waals surface area (Å²) in [5, 5.41) is 3.78. The molecule has 0 saturated carbocycles. The molecule has 1 aromatic carbocycles. The average molecular weight is 337 g/mol. The standard InChI is InChI=1S/C16H20N4O2.ClH/c1-16(2)9-20(8-7-13(16)17)15(21)12-5-3-11(4-6-12)14-18-10-22-19-14;/h3-6,10,13H,7-9,17H2,1-2H3;1H. The highest BCUT2D eigenvalue weighted by atomic mass is 35.5. The molecule has 0 bridgehead atoms. The summed E-state index contributed by atoms with van der Waals surface area (Å²) in [6, 6.07) is 7.40. The molecule has 2 aromatic rings. The lowest BCUT2D eigenvalue weighted by molar-refractivity contribution is 0.0533. The van der Waals surface area contributed by atoms with E-state index in [1.54, 1.807) is 12.1 Å². The lowest BCUT2D eigenvalue weighted by Gasteiger charge is -2.42. The quantitative estimate of drug-likeness (QED) is 0.909. The van der Waals surface area contributed by atoms with Gasteiger partial charge in [0.2, 0.25) is 12.2 Å². The van der Waals surface area contributed by atoms with Crippen molar-refractivity contribution in [1.82, 2.24) is 15.0 Å². The zero-order valence-electron chi connectivity index (χ0n) is 13.2. The minimum atomic E-state index is -0.0571. The van der Waals surface area contributed by atoms with Crippen molar-refractivity contribution >= 4 is 18.3 Å². The Morgan fingerprint density at radius 3 is 2.61 bits per heavy atom. The fourth-order valence-electron chi connectivity index (χ4n) is 2.79. The number of likely N-dealkylation sites (tertiary alicyclic amines) is 1. The maximum absolute atomic E-state index is 12.6. The molecule has 0 spiro atoms. The van der Waals surface area contributed by atoms with Crippen LogP contribution in [0, 0.1) is 5.41 Å². The number of carbonyl (C=O) groups excluding carboxylic acids is 1.